The Hall–Kier alpha value is -2.80. The molecule has 0 radical (unpaired) electrons. The highest BCUT2D eigenvalue weighted by Gasteiger charge is 2.06. The second-order valence-corrected chi connectivity index (χ2v) is 4.77. The normalized spacial score (nSPS) is 11.0. The first-order valence-corrected chi connectivity index (χ1v) is 6.62. The molecule has 0 aliphatic heterocycles. The highest BCUT2D eigenvalue weighted by molar-refractivity contribution is 7.80. The van der Waals surface area contributed by atoms with E-state index in [4.69, 9.17) is 18.0 Å². The fourth-order valence-corrected chi connectivity index (χ4v) is 2.07. The summed E-state index contributed by atoms with van der Waals surface area (Å²) in [5.41, 5.74) is 11.4. The maximum atomic E-state index is 5.36. The molecule has 0 unspecified atom stereocenters. The first-order chi connectivity index (χ1) is 10.2. The molecule has 1 aromatic carbocycles. The van der Waals surface area contributed by atoms with Gasteiger partial charge in [0.15, 0.2) is 5.11 Å². The molecule has 0 atom stereocenters. The van der Waals surface area contributed by atoms with Crippen molar-refractivity contribution in [2.75, 3.05) is 0 Å². The third kappa shape index (κ3) is 2.87. The molecule has 3 aromatic rings. The van der Waals surface area contributed by atoms with E-state index in [1.807, 2.05) is 30.3 Å². The summed E-state index contributed by atoms with van der Waals surface area (Å²) in [6, 6.07) is 9.79. The number of H-pyrrole nitrogens is 1. The van der Waals surface area contributed by atoms with E-state index >= 15 is 0 Å². The highest BCUT2D eigenvalue weighted by atomic mass is 32.1. The van der Waals surface area contributed by atoms with Crippen LogP contribution in [0.4, 0.5) is 0 Å². The molecule has 0 fully saturated rings. The molecule has 4 N–H and O–H groups in total. The SMILES string of the molecule is NC(=S)N/N=C/c1cc(-c2cn[nH]c2)nc2ccccc12. The van der Waals surface area contributed by atoms with Gasteiger partial charge in [-0.2, -0.15) is 10.2 Å². The maximum absolute atomic E-state index is 5.36. The van der Waals surface area contributed by atoms with Crippen molar-refractivity contribution < 1.29 is 0 Å². The molecule has 2 aromatic heterocycles. The van der Waals surface area contributed by atoms with Crippen molar-refractivity contribution >= 4 is 34.4 Å². The van der Waals surface area contributed by atoms with Crippen LogP contribution in [0.1, 0.15) is 5.56 Å². The molecule has 0 aliphatic rings. The van der Waals surface area contributed by atoms with E-state index in [-0.39, 0.29) is 5.11 Å². The molecule has 0 aliphatic carbocycles. The van der Waals surface area contributed by atoms with E-state index in [9.17, 15) is 0 Å². The Balaban J connectivity index is 2.11. The summed E-state index contributed by atoms with van der Waals surface area (Å²) in [6.07, 6.45) is 5.20. The summed E-state index contributed by atoms with van der Waals surface area (Å²) in [5, 5.41) is 11.9. The van der Waals surface area contributed by atoms with E-state index in [0.717, 1.165) is 27.7 Å². The maximum Gasteiger partial charge on any atom is 0.184 e. The molecule has 7 heteroatoms. The van der Waals surface area contributed by atoms with Gasteiger partial charge in [0.1, 0.15) is 0 Å². The Morgan fingerprint density at radius 1 is 1.38 bits per heavy atom. The zero-order valence-electron chi connectivity index (χ0n) is 10.9. The number of para-hydroxylation sites is 1. The van der Waals surface area contributed by atoms with Crippen molar-refractivity contribution in [1.82, 2.24) is 20.6 Å². The van der Waals surface area contributed by atoms with Gasteiger partial charge in [0.25, 0.3) is 0 Å². The van der Waals surface area contributed by atoms with Gasteiger partial charge >= 0.3 is 0 Å². The fraction of sp³-hybridized carbons (Fsp3) is 0. The third-order valence-electron chi connectivity index (χ3n) is 2.92. The smallest absolute Gasteiger partial charge is 0.184 e. The Kier molecular flexibility index (Phi) is 3.57. The summed E-state index contributed by atoms with van der Waals surface area (Å²) >= 11 is 4.73. The number of benzene rings is 1. The Morgan fingerprint density at radius 3 is 3.00 bits per heavy atom. The van der Waals surface area contributed by atoms with E-state index in [1.54, 1.807) is 18.6 Å². The van der Waals surface area contributed by atoms with Crippen LogP contribution in [0.5, 0.6) is 0 Å². The number of thiocarbonyl (C=S) groups is 1. The second-order valence-electron chi connectivity index (χ2n) is 4.34. The molecular weight excluding hydrogens is 284 g/mol. The molecule has 104 valence electrons. The summed E-state index contributed by atoms with van der Waals surface area (Å²) < 4.78 is 0. The summed E-state index contributed by atoms with van der Waals surface area (Å²) in [6.45, 7) is 0. The van der Waals surface area contributed by atoms with Crippen LogP contribution in [0.25, 0.3) is 22.2 Å². The lowest BCUT2D eigenvalue weighted by atomic mass is 10.1. The zero-order chi connectivity index (χ0) is 14.7. The summed E-state index contributed by atoms with van der Waals surface area (Å²) in [5.74, 6) is 0. The van der Waals surface area contributed by atoms with Crippen LogP contribution in [0.15, 0.2) is 47.8 Å². The molecule has 0 saturated carbocycles. The van der Waals surface area contributed by atoms with Gasteiger partial charge in [0, 0.05) is 22.7 Å². The largest absolute Gasteiger partial charge is 0.375 e. The van der Waals surface area contributed by atoms with Crippen LogP contribution in [-0.2, 0) is 0 Å². The predicted molar refractivity (Wildman–Crippen MR) is 86.8 cm³/mol. The lowest BCUT2D eigenvalue weighted by molar-refractivity contribution is 1.04. The number of hydrazone groups is 1. The highest BCUT2D eigenvalue weighted by Crippen LogP contribution is 2.23. The van der Waals surface area contributed by atoms with Gasteiger partial charge in [-0.25, -0.2) is 4.98 Å². The molecule has 0 amide bonds. The number of nitrogens with zero attached hydrogens (tertiary/aromatic N) is 3. The standard InChI is InChI=1S/C14H12N6S/c15-14(21)20-18-6-9-5-13(10-7-16-17-8-10)19-12-4-2-1-3-11(9)12/h1-8H,(H,16,17)(H3,15,20,21)/b18-6+. The first kappa shape index (κ1) is 13.2. The van der Waals surface area contributed by atoms with Crippen molar-refractivity contribution in [2.45, 2.75) is 0 Å². The second kappa shape index (κ2) is 5.68. The van der Waals surface area contributed by atoms with Crippen molar-refractivity contribution in [1.29, 1.82) is 0 Å². The predicted octanol–water partition coefficient (Wildman–Crippen LogP) is 1.79. The van der Waals surface area contributed by atoms with Gasteiger partial charge in [0.2, 0.25) is 0 Å². The number of rotatable bonds is 3. The minimum Gasteiger partial charge on any atom is -0.375 e. The van der Waals surface area contributed by atoms with E-state index in [2.05, 4.69) is 25.7 Å². The van der Waals surface area contributed by atoms with Crippen molar-refractivity contribution in [3.05, 3.63) is 48.3 Å². The van der Waals surface area contributed by atoms with Gasteiger partial charge in [-0.1, -0.05) is 18.2 Å². The first-order valence-electron chi connectivity index (χ1n) is 6.21. The van der Waals surface area contributed by atoms with Crippen LogP contribution in [0.3, 0.4) is 0 Å². The molecule has 3 rings (SSSR count). The van der Waals surface area contributed by atoms with Crippen LogP contribution >= 0.6 is 12.2 Å². The number of hydrogen-bond donors (Lipinski definition) is 3. The number of aromatic amines is 1. The van der Waals surface area contributed by atoms with Crippen LogP contribution in [0, 0.1) is 0 Å². The average molecular weight is 296 g/mol. The zero-order valence-corrected chi connectivity index (χ0v) is 11.8. The molecule has 0 bridgehead atoms. The van der Waals surface area contributed by atoms with E-state index < -0.39 is 0 Å². The molecule has 0 spiro atoms. The monoisotopic (exact) mass is 296 g/mol. The number of fused-ring (bicyclic) bond motifs is 1. The lowest BCUT2D eigenvalue weighted by Crippen LogP contribution is -2.24. The summed E-state index contributed by atoms with van der Waals surface area (Å²) in [4.78, 5) is 4.63. The third-order valence-corrected chi connectivity index (χ3v) is 3.01. The Morgan fingerprint density at radius 2 is 2.24 bits per heavy atom. The minimum absolute atomic E-state index is 0.125. The van der Waals surface area contributed by atoms with E-state index in [1.165, 1.54) is 0 Å². The average Bonchev–Trinajstić information content (AvgIpc) is 3.01. The topological polar surface area (TPSA) is 92.0 Å². The number of pyridine rings is 1. The van der Waals surface area contributed by atoms with Crippen molar-refractivity contribution in [3.8, 4) is 11.3 Å². The molecule has 2 heterocycles. The number of aromatic nitrogens is 3. The molecule has 6 nitrogen and oxygen atoms in total. The van der Waals surface area contributed by atoms with Crippen molar-refractivity contribution in [2.24, 2.45) is 10.8 Å². The summed E-state index contributed by atoms with van der Waals surface area (Å²) in [7, 11) is 0. The number of nitrogens with two attached hydrogens (primary N) is 1. The number of nitrogens with one attached hydrogen (secondary N) is 2. The minimum atomic E-state index is 0.125. The van der Waals surface area contributed by atoms with Gasteiger partial charge in [-0.3, -0.25) is 10.5 Å². The quantitative estimate of drug-likeness (QED) is 0.389. The molecule has 0 saturated heterocycles. The van der Waals surface area contributed by atoms with Crippen LogP contribution < -0.4 is 11.2 Å². The van der Waals surface area contributed by atoms with Gasteiger partial charge < -0.3 is 5.73 Å². The molecule has 21 heavy (non-hydrogen) atoms. The molecular formula is C14H12N6S. The van der Waals surface area contributed by atoms with Gasteiger partial charge in [-0.05, 0) is 24.4 Å². The van der Waals surface area contributed by atoms with Crippen LogP contribution in [-0.4, -0.2) is 26.5 Å². The van der Waals surface area contributed by atoms with Gasteiger partial charge in [0.05, 0.1) is 23.6 Å². The van der Waals surface area contributed by atoms with E-state index in [0.29, 0.717) is 0 Å². The lowest BCUT2D eigenvalue weighted by Gasteiger charge is -2.05. The Labute approximate surface area is 126 Å². The Bertz CT molecular complexity index is 809. The van der Waals surface area contributed by atoms with Gasteiger partial charge in [-0.15, -0.1) is 0 Å². The van der Waals surface area contributed by atoms with Crippen molar-refractivity contribution in [3.63, 3.8) is 0 Å². The number of hydrogen-bond acceptors (Lipinski definition) is 4. The van der Waals surface area contributed by atoms with Crippen LogP contribution in [0.2, 0.25) is 0 Å². The fourth-order valence-electron chi connectivity index (χ4n) is 2.01.